The van der Waals surface area contributed by atoms with Crippen molar-refractivity contribution in [2.75, 3.05) is 6.54 Å². The predicted octanol–water partition coefficient (Wildman–Crippen LogP) is 5.55. The van der Waals surface area contributed by atoms with Crippen molar-refractivity contribution in [2.24, 2.45) is 0 Å². The van der Waals surface area contributed by atoms with Gasteiger partial charge in [-0.05, 0) is 61.4 Å². The molecule has 1 N–H and O–H groups in total. The Morgan fingerprint density at radius 2 is 1.81 bits per heavy atom. The van der Waals surface area contributed by atoms with Crippen molar-refractivity contribution in [1.29, 1.82) is 0 Å². The molecule has 1 atom stereocenters. The summed E-state index contributed by atoms with van der Waals surface area (Å²) >= 11 is 8.10. The number of hydrogen-bond donors (Lipinski definition) is 1. The number of rotatable bonds is 5. The number of nitrogens with one attached hydrogen (secondary N) is 1. The first-order valence-corrected chi connectivity index (χ1v) is 8.45. The van der Waals surface area contributed by atoms with Crippen molar-refractivity contribution in [3.05, 3.63) is 55.5 Å². The average Bonchev–Trinajstić information content (AvgIpc) is 2.77. The molecule has 0 aliphatic carbocycles. The van der Waals surface area contributed by atoms with Crippen molar-refractivity contribution in [3.8, 4) is 0 Å². The van der Waals surface area contributed by atoms with E-state index in [9.17, 15) is 4.39 Å². The van der Waals surface area contributed by atoms with Crippen molar-refractivity contribution in [2.45, 2.75) is 40.2 Å². The van der Waals surface area contributed by atoms with E-state index in [1.807, 2.05) is 32.9 Å². The van der Waals surface area contributed by atoms with E-state index in [2.05, 4.69) is 17.6 Å². The lowest BCUT2D eigenvalue weighted by Crippen LogP contribution is -2.23. The molecule has 4 heteroatoms. The number of aryl methyl sites for hydroxylation is 3. The molecule has 1 unspecified atom stereocenters. The minimum atomic E-state index is -0.124. The fraction of sp³-hybridized carbons (Fsp3) is 0.412. The van der Waals surface area contributed by atoms with E-state index in [0.717, 1.165) is 34.0 Å². The fourth-order valence-corrected chi connectivity index (χ4v) is 3.84. The molecule has 1 nitrogen and oxygen atoms in total. The zero-order valence-corrected chi connectivity index (χ0v) is 14.5. The lowest BCUT2D eigenvalue weighted by molar-refractivity contribution is 0.590. The summed E-state index contributed by atoms with van der Waals surface area (Å²) in [7, 11) is 0. The van der Waals surface area contributed by atoms with Gasteiger partial charge in [-0.25, -0.2) is 4.39 Å². The molecule has 2 aromatic rings. The SMILES string of the molecule is CCCNC(c1cc(C)c(F)c(C)c1)c1scc(C)c1Cl. The van der Waals surface area contributed by atoms with Crippen LogP contribution < -0.4 is 5.32 Å². The maximum Gasteiger partial charge on any atom is 0.129 e. The smallest absolute Gasteiger partial charge is 0.129 e. The maximum absolute atomic E-state index is 13.9. The van der Waals surface area contributed by atoms with Crippen molar-refractivity contribution < 1.29 is 4.39 Å². The summed E-state index contributed by atoms with van der Waals surface area (Å²) in [5.41, 5.74) is 3.52. The van der Waals surface area contributed by atoms with Crippen LogP contribution in [0, 0.1) is 26.6 Å². The molecule has 114 valence electrons. The van der Waals surface area contributed by atoms with Gasteiger partial charge in [-0.15, -0.1) is 11.3 Å². The van der Waals surface area contributed by atoms with Gasteiger partial charge < -0.3 is 5.32 Å². The van der Waals surface area contributed by atoms with Crippen molar-refractivity contribution >= 4 is 22.9 Å². The largest absolute Gasteiger partial charge is 0.306 e. The van der Waals surface area contributed by atoms with Crippen LogP contribution in [0.25, 0.3) is 0 Å². The number of benzene rings is 1. The van der Waals surface area contributed by atoms with Crippen LogP contribution in [0.3, 0.4) is 0 Å². The third-order valence-electron chi connectivity index (χ3n) is 3.58. The Balaban J connectivity index is 2.48. The van der Waals surface area contributed by atoms with Gasteiger partial charge in [0.1, 0.15) is 5.82 Å². The van der Waals surface area contributed by atoms with E-state index in [-0.39, 0.29) is 11.9 Å². The second kappa shape index (κ2) is 6.91. The highest BCUT2D eigenvalue weighted by atomic mass is 35.5. The van der Waals surface area contributed by atoms with Gasteiger partial charge >= 0.3 is 0 Å². The van der Waals surface area contributed by atoms with Crippen LogP contribution in [-0.2, 0) is 0 Å². The normalized spacial score (nSPS) is 12.7. The van der Waals surface area contributed by atoms with Crippen LogP contribution in [0.1, 0.15) is 46.5 Å². The minimum Gasteiger partial charge on any atom is -0.306 e. The molecule has 1 aromatic heterocycles. The average molecular weight is 326 g/mol. The highest BCUT2D eigenvalue weighted by Crippen LogP contribution is 2.36. The molecular weight excluding hydrogens is 305 g/mol. The van der Waals surface area contributed by atoms with E-state index in [4.69, 9.17) is 11.6 Å². The van der Waals surface area contributed by atoms with Gasteiger partial charge in [-0.3, -0.25) is 0 Å². The van der Waals surface area contributed by atoms with E-state index in [1.54, 1.807) is 11.3 Å². The Morgan fingerprint density at radius 1 is 1.19 bits per heavy atom. The Bertz CT molecular complexity index is 613. The third kappa shape index (κ3) is 3.47. The van der Waals surface area contributed by atoms with Crippen LogP contribution in [-0.4, -0.2) is 6.54 Å². The molecule has 0 fully saturated rings. The Labute approximate surface area is 135 Å². The molecule has 0 aliphatic rings. The van der Waals surface area contributed by atoms with Crippen LogP contribution in [0.4, 0.5) is 4.39 Å². The van der Waals surface area contributed by atoms with Crippen LogP contribution in [0.2, 0.25) is 5.02 Å². The second-order valence-electron chi connectivity index (χ2n) is 5.45. The van der Waals surface area contributed by atoms with E-state index in [1.165, 1.54) is 0 Å². The summed E-state index contributed by atoms with van der Waals surface area (Å²) in [6, 6.07) is 3.86. The molecule has 1 heterocycles. The summed E-state index contributed by atoms with van der Waals surface area (Å²) < 4.78 is 13.9. The predicted molar refractivity (Wildman–Crippen MR) is 90.1 cm³/mol. The molecule has 1 aromatic carbocycles. The number of hydrogen-bond acceptors (Lipinski definition) is 2. The zero-order valence-electron chi connectivity index (χ0n) is 12.9. The van der Waals surface area contributed by atoms with Gasteiger partial charge in [-0.2, -0.15) is 0 Å². The summed E-state index contributed by atoms with van der Waals surface area (Å²) in [5.74, 6) is -0.124. The molecule has 2 rings (SSSR count). The molecule has 0 aliphatic heterocycles. The van der Waals surface area contributed by atoms with Gasteiger partial charge in [0.25, 0.3) is 0 Å². The summed E-state index contributed by atoms with van der Waals surface area (Å²) in [6.07, 6.45) is 1.04. The zero-order chi connectivity index (χ0) is 15.6. The van der Waals surface area contributed by atoms with Crippen molar-refractivity contribution in [3.63, 3.8) is 0 Å². The van der Waals surface area contributed by atoms with Crippen LogP contribution >= 0.6 is 22.9 Å². The van der Waals surface area contributed by atoms with Crippen LogP contribution in [0.5, 0.6) is 0 Å². The molecule has 0 saturated heterocycles. The lowest BCUT2D eigenvalue weighted by atomic mass is 9.99. The Morgan fingerprint density at radius 3 is 2.29 bits per heavy atom. The molecule has 0 spiro atoms. The van der Waals surface area contributed by atoms with Gasteiger partial charge in [-0.1, -0.05) is 30.7 Å². The molecule has 0 radical (unpaired) electrons. The standard InChI is InChI=1S/C17H21ClFNS/c1-5-6-20-16(17-14(18)12(4)9-21-17)13-7-10(2)15(19)11(3)8-13/h7-9,16,20H,5-6H2,1-4H3. The van der Waals surface area contributed by atoms with Gasteiger partial charge in [0.2, 0.25) is 0 Å². The minimum absolute atomic E-state index is 0.0224. The summed E-state index contributed by atoms with van der Waals surface area (Å²) in [5, 5.41) is 6.42. The van der Waals surface area contributed by atoms with E-state index >= 15 is 0 Å². The summed E-state index contributed by atoms with van der Waals surface area (Å²) in [4.78, 5) is 1.10. The highest BCUT2D eigenvalue weighted by Gasteiger charge is 2.21. The molecule has 0 saturated carbocycles. The Hall–Kier alpha value is -0.900. The Kier molecular flexibility index (Phi) is 5.42. The molecule has 0 bridgehead atoms. The van der Waals surface area contributed by atoms with Crippen molar-refractivity contribution in [1.82, 2.24) is 5.32 Å². The quantitative estimate of drug-likeness (QED) is 0.759. The van der Waals surface area contributed by atoms with E-state index < -0.39 is 0 Å². The first kappa shape index (κ1) is 16.5. The van der Waals surface area contributed by atoms with Crippen LogP contribution in [0.15, 0.2) is 17.5 Å². The lowest BCUT2D eigenvalue weighted by Gasteiger charge is -2.20. The molecule has 21 heavy (non-hydrogen) atoms. The monoisotopic (exact) mass is 325 g/mol. The van der Waals surface area contributed by atoms with E-state index in [0.29, 0.717) is 11.1 Å². The van der Waals surface area contributed by atoms with Gasteiger partial charge in [0, 0.05) is 4.88 Å². The number of halogens is 2. The summed E-state index contributed by atoms with van der Waals surface area (Å²) in [6.45, 7) is 8.66. The first-order chi connectivity index (χ1) is 9.95. The molecule has 0 amide bonds. The van der Waals surface area contributed by atoms with Gasteiger partial charge in [0.15, 0.2) is 0 Å². The van der Waals surface area contributed by atoms with Gasteiger partial charge in [0.05, 0.1) is 11.1 Å². The topological polar surface area (TPSA) is 12.0 Å². The fourth-order valence-electron chi connectivity index (χ4n) is 2.44. The second-order valence-corrected chi connectivity index (χ2v) is 6.74. The first-order valence-electron chi connectivity index (χ1n) is 7.19. The number of thiophene rings is 1. The maximum atomic E-state index is 13.9. The third-order valence-corrected chi connectivity index (χ3v) is 5.36. The highest BCUT2D eigenvalue weighted by molar-refractivity contribution is 7.10. The molecular formula is C17H21ClFNS.